The monoisotopic (exact) mass is 247 g/mol. The summed E-state index contributed by atoms with van der Waals surface area (Å²) in [5, 5.41) is 0. The van der Waals surface area contributed by atoms with E-state index in [-0.39, 0.29) is 5.54 Å². The minimum Gasteiger partial charge on any atom is -0.296 e. The van der Waals surface area contributed by atoms with Crippen LogP contribution in [0.5, 0.6) is 0 Å². The van der Waals surface area contributed by atoms with Gasteiger partial charge in [0, 0.05) is 24.0 Å². The Kier molecular flexibility index (Phi) is 4.28. The molecule has 1 nitrogen and oxygen atoms in total. The summed E-state index contributed by atoms with van der Waals surface area (Å²) in [7, 11) is 1.88. The standard InChI is InChI=1S/C12H16ClF2N/c1-12(2,8-13)16(3)7-9-4-10(14)6-11(15)5-9/h4-6H,7-8H2,1-3H3. The van der Waals surface area contributed by atoms with Crippen LogP contribution in [0, 0.1) is 11.6 Å². The number of nitrogens with zero attached hydrogens (tertiary/aromatic N) is 1. The number of halogens is 3. The molecule has 0 unspecified atom stereocenters. The van der Waals surface area contributed by atoms with E-state index in [1.54, 1.807) is 0 Å². The molecule has 0 N–H and O–H groups in total. The van der Waals surface area contributed by atoms with Gasteiger partial charge in [0.15, 0.2) is 0 Å². The average molecular weight is 248 g/mol. The molecule has 4 heteroatoms. The van der Waals surface area contributed by atoms with Crippen molar-refractivity contribution in [3.63, 3.8) is 0 Å². The summed E-state index contributed by atoms with van der Waals surface area (Å²) in [5.74, 6) is -0.638. The van der Waals surface area contributed by atoms with Gasteiger partial charge in [0.25, 0.3) is 0 Å². The molecule has 0 aliphatic carbocycles. The van der Waals surface area contributed by atoms with Crippen molar-refractivity contribution in [2.24, 2.45) is 0 Å². The van der Waals surface area contributed by atoms with Gasteiger partial charge < -0.3 is 0 Å². The van der Waals surface area contributed by atoms with Crippen LogP contribution in [0.25, 0.3) is 0 Å². The van der Waals surface area contributed by atoms with Gasteiger partial charge in [-0.15, -0.1) is 11.6 Å². The fraction of sp³-hybridized carbons (Fsp3) is 0.500. The topological polar surface area (TPSA) is 3.24 Å². The number of hydrogen-bond donors (Lipinski definition) is 0. The van der Waals surface area contributed by atoms with Crippen molar-refractivity contribution in [3.8, 4) is 0 Å². The van der Waals surface area contributed by atoms with Crippen LogP contribution in [0.3, 0.4) is 0 Å². The smallest absolute Gasteiger partial charge is 0.126 e. The fourth-order valence-corrected chi connectivity index (χ4v) is 1.50. The maximum absolute atomic E-state index is 13.0. The predicted octanol–water partition coefficient (Wildman–Crippen LogP) is 3.41. The van der Waals surface area contributed by atoms with Crippen LogP contribution in [0.1, 0.15) is 19.4 Å². The molecule has 90 valence electrons. The van der Waals surface area contributed by atoms with E-state index in [4.69, 9.17) is 11.6 Å². The lowest BCUT2D eigenvalue weighted by atomic mass is 10.1. The van der Waals surface area contributed by atoms with E-state index in [1.165, 1.54) is 12.1 Å². The molecule has 0 spiro atoms. The molecule has 0 atom stereocenters. The highest BCUT2D eigenvalue weighted by atomic mass is 35.5. The molecular weight excluding hydrogens is 232 g/mol. The number of alkyl halides is 1. The highest BCUT2D eigenvalue weighted by Crippen LogP contribution is 2.18. The van der Waals surface area contributed by atoms with Gasteiger partial charge in [0.05, 0.1) is 0 Å². The van der Waals surface area contributed by atoms with Crippen molar-refractivity contribution >= 4 is 11.6 Å². The van der Waals surface area contributed by atoms with E-state index in [9.17, 15) is 8.78 Å². The lowest BCUT2D eigenvalue weighted by Crippen LogP contribution is -2.42. The maximum atomic E-state index is 13.0. The molecule has 0 bridgehead atoms. The first-order chi connectivity index (χ1) is 7.35. The average Bonchev–Trinajstić information content (AvgIpc) is 2.15. The lowest BCUT2D eigenvalue weighted by Gasteiger charge is -2.33. The summed E-state index contributed by atoms with van der Waals surface area (Å²) >= 11 is 5.83. The van der Waals surface area contributed by atoms with Crippen LogP contribution in [0.4, 0.5) is 8.78 Å². The van der Waals surface area contributed by atoms with Crippen LogP contribution >= 0.6 is 11.6 Å². The van der Waals surface area contributed by atoms with E-state index in [0.29, 0.717) is 18.0 Å². The Balaban J connectivity index is 2.80. The van der Waals surface area contributed by atoms with Crippen LogP contribution in [-0.4, -0.2) is 23.4 Å². The van der Waals surface area contributed by atoms with E-state index in [2.05, 4.69) is 0 Å². The molecule has 0 amide bonds. The van der Waals surface area contributed by atoms with Gasteiger partial charge in [0.1, 0.15) is 11.6 Å². The zero-order chi connectivity index (χ0) is 12.3. The van der Waals surface area contributed by atoms with E-state index in [1.807, 2.05) is 25.8 Å². The first-order valence-corrected chi connectivity index (χ1v) is 5.61. The molecule has 0 saturated heterocycles. The predicted molar refractivity (Wildman–Crippen MR) is 62.6 cm³/mol. The van der Waals surface area contributed by atoms with Gasteiger partial charge >= 0.3 is 0 Å². The second kappa shape index (κ2) is 5.11. The summed E-state index contributed by atoms with van der Waals surface area (Å²) in [6, 6.07) is 3.55. The molecule has 0 aliphatic heterocycles. The number of benzene rings is 1. The minimum atomic E-state index is -0.549. The summed E-state index contributed by atoms with van der Waals surface area (Å²) in [6.07, 6.45) is 0. The number of rotatable bonds is 4. The Labute approximate surface area is 100 Å². The second-order valence-corrected chi connectivity index (χ2v) is 4.85. The SMILES string of the molecule is CN(Cc1cc(F)cc(F)c1)C(C)(C)CCl. The largest absolute Gasteiger partial charge is 0.296 e. The molecule has 1 aromatic rings. The van der Waals surface area contributed by atoms with Crippen molar-refractivity contribution in [3.05, 3.63) is 35.4 Å². The van der Waals surface area contributed by atoms with Crippen molar-refractivity contribution in [1.29, 1.82) is 0 Å². The van der Waals surface area contributed by atoms with Crippen LogP contribution in [0.15, 0.2) is 18.2 Å². The maximum Gasteiger partial charge on any atom is 0.126 e. The second-order valence-electron chi connectivity index (χ2n) is 4.58. The van der Waals surface area contributed by atoms with Gasteiger partial charge in [-0.3, -0.25) is 4.90 Å². The quantitative estimate of drug-likeness (QED) is 0.737. The van der Waals surface area contributed by atoms with Gasteiger partial charge in [-0.25, -0.2) is 8.78 Å². The normalized spacial score (nSPS) is 12.2. The van der Waals surface area contributed by atoms with Gasteiger partial charge in [0.2, 0.25) is 0 Å². The Hall–Kier alpha value is -0.670. The molecule has 0 fully saturated rings. The van der Waals surface area contributed by atoms with E-state index >= 15 is 0 Å². The Bertz CT molecular complexity index is 346. The molecular formula is C12H16ClF2N. The molecule has 16 heavy (non-hydrogen) atoms. The molecule has 1 rings (SSSR count). The first kappa shape index (κ1) is 13.4. The van der Waals surface area contributed by atoms with Crippen molar-refractivity contribution < 1.29 is 8.78 Å². The number of hydrogen-bond acceptors (Lipinski definition) is 1. The molecule has 0 aromatic heterocycles. The molecule has 1 aromatic carbocycles. The summed E-state index contributed by atoms with van der Waals surface area (Å²) in [5.41, 5.74) is 0.405. The first-order valence-electron chi connectivity index (χ1n) is 5.07. The third-order valence-electron chi connectivity index (χ3n) is 2.70. The highest BCUT2D eigenvalue weighted by Gasteiger charge is 2.22. The van der Waals surface area contributed by atoms with Gasteiger partial charge in [-0.2, -0.15) is 0 Å². The van der Waals surface area contributed by atoms with Crippen molar-refractivity contribution in [2.75, 3.05) is 12.9 Å². The summed E-state index contributed by atoms with van der Waals surface area (Å²) in [6.45, 7) is 4.43. The summed E-state index contributed by atoms with van der Waals surface area (Å²) < 4.78 is 25.9. The van der Waals surface area contributed by atoms with E-state index in [0.717, 1.165) is 6.07 Å². The molecule has 0 saturated carbocycles. The fourth-order valence-electron chi connectivity index (χ4n) is 1.29. The highest BCUT2D eigenvalue weighted by molar-refractivity contribution is 6.18. The van der Waals surface area contributed by atoms with Crippen LogP contribution < -0.4 is 0 Å². The van der Waals surface area contributed by atoms with Crippen LogP contribution in [-0.2, 0) is 6.54 Å². The zero-order valence-electron chi connectivity index (χ0n) is 9.73. The van der Waals surface area contributed by atoms with E-state index < -0.39 is 11.6 Å². The van der Waals surface area contributed by atoms with Crippen molar-refractivity contribution in [1.82, 2.24) is 4.90 Å². The van der Waals surface area contributed by atoms with Crippen LogP contribution in [0.2, 0.25) is 0 Å². The van der Waals surface area contributed by atoms with Gasteiger partial charge in [-0.1, -0.05) is 0 Å². The molecule has 0 radical (unpaired) electrons. The zero-order valence-corrected chi connectivity index (χ0v) is 10.5. The Morgan fingerprint density at radius 2 is 1.69 bits per heavy atom. The Morgan fingerprint density at radius 1 is 1.19 bits per heavy atom. The summed E-state index contributed by atoms with van der Waals surface area (Å²) in [4.78, 5) is 1.97. The third kappa shape index (κ3) is 3.42. The molecule has 0 aliphatic rings. The minimum absolute atomic E-state index is 0.204. The molecule has 0 heterocycles. The Morgan fingerprint density at radius 3 is 2.12 bits per heavy atom. The van der Waals surface area contributed by atoms with Gasteiger partial charge in [-0.05, 0) is 38.6 Å². The third-order valence-corrected chi connectivity index (χ3v) is 3.36. The van der Waals surface area contributed by atoms with Crippen molar-refractivity contribution in [2.45, 2.75) is 25.9 Å². The lowest BCUT2D eigenvalue weighted by molar-refractivity contribution is 0.170.